The third-order valence-corrected chi connectivity index (χ3v) is 4.23. The van der Waals surface area contributed by atoms with Crippen molar-refractivity contribution >= 4 is 11.7 Å². The van der Waals surface area contributed by atoms with Gasteiger partial charge in [-0.2, -0.15) is 0 Å². The summed E-state index contributed by atoms with van der Waals surface area (Å²) in [4.78, 5) is 16.8. The molecular formula is C17H27N3O. The molecular weight excluding hydrogens is 262 g/mol. The van der Waals surface area contributed by atoms with E-state index in [1.165, 1.54) is 0 Å². The number of nitrogens with zero attached hydrogens (tertiary/aromatic N) is 2. The highest BCUT2D eigenvalue weighted by Gasteiger charge is 2.27. The smallest absolute Gasteiger partial charge is 0.321 e. The summed E-state index contributed by atoms with van der Waals surface area (Å²) in [6.07, 6.45) is 0. The second-order valence-corrected chi connectivity index (χ2v) is 6.84. The van der Waals surface area contributed by atoms with Crippen LogP contribution in [-0.4, -0.2) is 47.5 Å². The molecule has 0 bridgehead atoms. The molecule has 1 saturated heterocycles. The van der Waals surface area contributed by atoms with Crippen molar-refractivity contribution < 1.29 is 4.79 Å². The summed E-state index contributed by atoms with van der Waals surface area (Å²) in [6.45, 7) is 14.2. The predicted molar refractivity (Wildman–Crippen MR) is 87.8 cm³/mol. The molecule has 0 aromatic heterocycles. The van der Waals surface area contributed by atoms with Gasteiger partial charge in [-0.1, -0.05) is 18.2 Å². The van der Waals surface area contributed by atoms with Crippen LogP contribution in [0.1, 0.15) is 31.9 Å². The molecule has 21 heavy (non-hydrogen) atoms. The number of para-hydroxylation sites is 1. The van der Waals surface area contributed by atoms with Crippen molar-refractivity contribution in [2.24, 2.45) is 0 Å². The monoisotopic (exact) mass is 289 g/mol. The second-order valence-electron chi connectivity index (χ2n) is 6.84. The maximum Gasteiger partial charge on any atom is 0.321 e. The molecule has 1 aliphatic heterocycles. The standard InChI is InChI=1S/C17H27N3O/c1-13-7-6-8-14(2)15(13)18-16(21)19-9-11-20(12-10-19)17(3,4)5/h6-8H,9-12H2,1-5H3,(H,18,21). The molecule has 0 spiro atoms. The van der Waals surface area contributed by atoms with E-state index in [9.17, 15) is 4.79 Å². The molecule has 1 aromatic carbocycles. The molecule has 0 atom stereocenters. The number of carbonyl (C=O) groups excluding carboxylic acids is 1. The van der Waals surface area contributed by atoms with Gasteiger partial charge in [0.05, 0.1) is 0 Å². The van der Waals surface area contributed by atoms with E-state index in [1.807, 2.05) is 36.9 Å². The fraction of sp³-hybridized carbons (Fsp3) is 0.588. The Morgan fingerprint density at radius 1 is 1.05 bits per heavy atom. The van der Waals surface area contributed by atoms with E-state index in [0.29, 0.717) is 0 Å². The number of nitrogens with one attached hydrogen (secondary N) is 1. The van der Waals surface area contributed by atoms with E-state index in [4.69, 9.17) is 0 Å². The number of aryl methyl sites for hydroxylation is 2. The number of carbonyl (C=O) groups is 1. The SMILES string of the molecule is Cc1cccc(C)c1NC(=O)N1CCN(C(C)(C)C)CC1. The lowest BCUT2D eigenvalue weighted by atomic mass is 10.1. The third-order valence-electron chi connectivity index (χ3n) is 4.23. The lowest BCUT2D eigenvalue weighted by molar-refractivity contribution is 0.0774. The fourth-order valence-electron chi connectivity index (χ4n) is 2.78. The van der Waals surface area contributed by atoms with Crippen LogP contribution in [0.3, 0.4) is 0 Å². The summed E-state index contributed by atoms with van der Waals surface area (Å²) in [5.41, 5.74) is 3.34. The molecule has 0 aliphatic carbocycles. The van der Waals surface area contributed by atoms with Crippen LogP contribution in [0.2, 0.25) is 0 Å². The number of anilines is 1. The van der Waals surface area contributed by atoms with Crippen LogP contribution in [0.4, 0.5) is 10.5 Å². The number of hydrogen-bond acceptors (Lipinski definition) is 2. The van der Waals surface area contributed by atoms with E-state index in [-0.39, 0.29) is 11.6 Å². The van der Waals surface area contributed by atoms with E-state index in [2.05, 4.69) is 31.0 Å². The molecule has 0 radical (unpaired) electrons. The third kappa shape index (κ3) is 3.76. The Labute approximate surface area is 128 Å². The molecule has 1 heterocycles. The topological polar surface area (TPSA) is 35.6 Å². The number of urea groups is 1. The van der Waals surface area contributed by atoms with E-state index < -0.39 is 0 Å². The van der Waals surface area contributed by atoms with Gasteiger partial charge >= 0.3 is 6.03 Å². The zero-order chi connectivity index (χ0) is 15.6. The Kier molecular flexibility index (Phi) is 4.57. The van der Waals surface area contributed by atoms with E-state index >= 15 is 0 Å². The Hall–Kier alpha value is -1.55. The number of hydrogen-bond donors (Lipinski definition) is 1. The summed E-state index contributed by atoms with van der Waals surface area (Å²) in [5.74, 6) is 0. The van der Waals surface area contributed by atoms with Gasteiger partial charge in [-0.25, -0.2) is 4.79 Å². The second kappa shape index (κ2) is 6.06. The average Bonchev–Trinajstić information content (AvgIpc) is 2.42. The summed E-state index contributed by atoms with van der Waals surface area (Å²) >= 11 is 0. The van der Waals surface area contributed by atoms with Crippen molar-refractivity contribution in [3.05, 3.63) is 29.3 Å². The quantitative estimate of drug-likeness (QED) is 0.861. The zero-order valence-corrected chi connectivity index (χ0v) is 13.9. The van der Waals surface area contributed by atoms with Crippen molar-refractivity contribution in [3.8, 4) is 0 Å². The summed E-state index contributed by atoms with van der Waals surface area (Å²) < 4.78 is 0. The van der Waals surface area contributed by atoms with Crippen LogP contribution in [-0.2, 0) is 0 Å². The number of amides is 2. The fourth-order valence-corrected chi connectivity index (χ4v) is 2.78. The van der Waals surface area contributed by atoms with Gasteiger partial charge in [0.15, 0.2) is 0 Å². The molecule has 0 saturated carbocycles. The summed E-state index contributed by atoms with van der Waals surface area (Å²) in [5, 5.41) is 3.07. The Morgan fingerprint density at radius 3 is 2.05 bits per heavy atom. The summed E-state index contributed by atoms with van der Waals surface area (Å²) in [7, 11) is 0. The first kappa shape index (κ1) is 15.8. The lowest BCUT2D eigenvalue weighted by Gasteiger charge is -2.42. The number of rotatable bonds is 1. The molecule has 2 rings (SSSR count). The van der Waals surface area contributed by atoms with Crippen molar-refractivity contribution in [1.29, 1.82) is 0 Å². The molecule has 116 valence electrons. The Morgan fingerprint density at radius 2 is 1.57 bits per heavy atom. The van der Waals surface area contributed by atoms with E-state index in [1.54, 1.807) is 0 Å². The molecule has 4 nitrogen and oxygen atoms in total. The van der Waals surface area contributed by atoms with Crippen LogP contribution in [0.5, 0.6) is 0 Å². The molecule has 1 aromatic rings. The molecule has 1 fully saturated rings. The van der Waals surface area contributed by atoms with Gasteiger partial charge in [-0.3, -0.25) is 4.90 Å². The van der Waals surface area contributed by atoms with Gasteiger partial charge in [0.25, 0.3) is 0 Å². The summed E-state index contributed by atoms with van der Waals surface area (Å²) in [6, 6.07) is 6.09. The molecule has 0 unspecified atom stereocenters. The van der Waals surface area contributed by atoms with Gasteiger partial charge in [0, 0.05) is 37.4 Å². The number of benzene rings is 1. The highest BCUT2D eigenvalue weighted by Crippen LogP contribution is 2.21. The minimum Gasteiger partial charge on any atom is -0.322 e. The van der Waals surface area contributed by atoms with Crippen molar-refractivity contribution in [3.63, 3.8) is 0 Å². The van der Waals surface area contributed by atoms with Crippen molar-refractivity contribution in [2.45, 2.75) is 40.2 Å². The highest BCUT2D eigenvalue weighted by atomic mass is 16.2. The Bertz CT molecular complexity index is 491. The van der Waals surface area contributed by atoms with Crippen molar-refractivity contribution in [2.75, 3.05) is 31.5 Å². The maximum atomic E-state index is 12.4. The molecule has 2 amide bonds. The normalized spacial score (nSPS) is 16.9. The first-order chi connectivity index (χ1) is 9.79. The highest BCUT2D eigenvalue weighted by molar-refractivity contribution is 5.91. The minimum absolute atomic E-state index is 0.0148. The van der Waals surface area contributed by atoms with Gasteiger partial charge < -0.3 is 10.2 Å². The van der Waals surface area contributed by atoms with Crippen molar-refractivity contribution in [1.82, 2.24) is 9.80 Å². The molecule has 1 aliphatic rings. The lowest BCUT2D eigenvalue weighted by Crippen LogP contribution is -2.55. The first-order valence-electron chi connectivity index (χ1n) is 7.66. The molecule has 4 heteroatoms. The van der Waals surface area contributed by atoms with Gasteiger partial charge in [0.1, 0.15) is 0 Å². The molecule has 1 N–H and O–H groups in total. The van der Waals surface area contributed by atoms with Crippen LogP contribution in [0.15, 0.2) is 18.2 Å². The van der Waals surface area contributed by atoms with Gasteiger partial charge in [-0.05, 0) is 45.7 Å². The van der Waals surface area contributed by atoms with Crippen LogP contribution >= 0.6 is 0 Å². The van der Waals surface area contributed by atoms with Crippen LogP contribution in [0.25, 0.3) is 0 Å². The zero-order valence-electron chi connectivity index (χ0n) is 13.9. The number of piperazine rings is 1. The van der Waals surface area contributed by atoms with Gasteiger partial charge in [-0.15, -0.1) is 0 Å². The van der Waals surface area contributed by atoms with E-state index in [0.717, 1.165) is 43.0 Å². The Balaban J connectivity index is 1.97. The average molecular weight is 289 g/mol. The first-order valence-corrected chi connectivity index (χ1v) is 7.66. The van der Waals surface area contributed by atoms with Gasteiger partial charge in [0.2, 0.25) is 0 Å². The van der Waals surface area contributed by atoms with Crippen LogP contribution in [0, 0.1) is 13.8 Å². The largest absolute Gasteiger partial charge is 0.322 e. The minimum atomic E-state index is 0.0148. The maximum absolute atomic E-state index is 12.4. The van der Waals surface area contributed by atoms with Crippen LogP contribution < -0.4 is 5.32 Å². The predicted octanol–water partition coefficient (Wildman–Crippen LogP) is 3.25.